The highest BCUT2D eigenvalue weighted by molar-refractivity contribution is 7.80. The van der Waals surface area contributed by atoms with Crippen LogP contribution >= 0.6 is 12.2 Å². The zero-order valence-corrected chi connectivity index (χ0v) is 14.7. The topological polar surface area (TPSA) is 83.7 Å². The average molecular weight is 367 g/mol. The van der Waals surface area contributed by atoms with Crippen LogP contribution in [-0.2, 0) is 0 Å². The molecular weight excluding hydrogens is 348 g/mol. The van der Waals surface area contributed by atoms with E-state index in [4.69, 9.17) is 12.2 Å². The van der Waals surface area contributed by atoms with Crippen molar-refractivity contribution >= 4 is 35.0 Å². The molecule has 0 aromatic heterocycles. The smallest absolute Gasteiger partial charge is 0.252 e. The van der Waals surface area contributed by atoms with Crippen LogP contribution < -0.4 is 10.6 Å². The van der Waals surface area contributed by atoms with Crippen molar-refractivity contribution in [3.05, 3.63) is 23.8 Å². The second-order valence-electron chi connectivity index (χ2n) is 6.28. The van der Waals surface area contributed by atoms with Crippen LogP contribution in [0.3, 0.4) is 0 Å². The minimum absolute atomic E-state index is 0.109. The zero-order chi connectivity index (χ0) is 18.7. The molecule has 0 atom stereocenters. The monoisotopic (exact) mass is 367 g/mol. The number of alkyl halides is 2. The number of benzene rings is 1. The predicted molar refractivity (Wildman–Crippen MR) is 96.4 cm³/mol. The third kappa shape index (κ3) is 4.84. The van der Waals surface area contributed by atoms with Crippen LogP contribution in [0.5, 0.6) is 0 Å². The van der Waals surface area contributed by atoms with Gasteiger partial charge in [0.2, 0.25) is 0 Å². The summed E-state index contributed by atoms with van der Waals surface area (Å²) in [6.07, 6.45) is 0.636. The van der Waals surface area contributed by atoms with Gasteiger partial charge in [-0.2, -0.15) is 5.26 Å². The van der Waals surface area contributed by atoms with Gasteiger partial charge in [0.25, 0.3) is 5.92 Å². The van der Waals surface area contributed by atoms with Crippen molar-refractivity contribution in [2.75, 3.05) is 26.0 Å². The summed E-state index contributed by atoms with van der Waals surface area (Å²) in [6, 6.07) is 6.95. The molecule has 0 unspecified atom stereocenters. The number of nitrogens with one attached hydrogen (secondary N) is 2. The second-order valence-corrected chi connectivity index (χ2v) is 6.69. The van der Waals surface area contributed by atoms with Crippen molar-refractivity contribution in [1.82, 2.24) is 10.2 Å². The minimum atomic E-state index is -2.79. The van der Waals surface area contributed by atoms with Gasteiger partial charge in [-0.15, -0.1) is 0 Å². The fraction of sp³-hybridized carbons (Fsp3) is 0.438. The summed E-state index contributed by atoms with van der Waals surface area (Å²) in [6.45, 7) is -0.438. The molecule has 1 aromatic rings. The number of aliphatic imine (C=N–C) groups is 1. The Morgan fingerprint density at radius 1 is 1.48 bits per heavy atom. The molecule has 0 aliphatic heterocycles. The van der Waals surface area contributed by atoms with Crippen molar-refractivity contribution in [2.45, 2.75) is 24.3 Å². The van der Waals surface area contributed by atoms with Crippen molar-refractivity contribution < 1.29 is 13.9 Å². The molecule has 1 aliphatic carbocycles. The van der Waals surface area contributed by atoms with Gasteiger partial charge in [-0.1, -0.05) is 0 Å². The van der Waals surface area contributed by atoms with Gasteiger partial charge in [-0.05, 0) is 30.4 Å². The molecule has 0 radical (unpaired) electrons. The molecule has 6 nitrogen and oxygen atoms in total. The van der Waals surface area contributed by atoms with E-state index in [9.17, 15) is 19.1 Å². The number of nitrogens with zero attached hydrogens (tertiary/aromatic N) is 3. The number of nitriles is 1. The van der Waals surface area contributed by atoms with E-state index in [1.807, 2.05) is 14.1 Å². The van der Waals surface area contributed by atoms with E-state index in [1.54, 1.807) is 29.4 Å². The highest BCUT2D eigenvalue weighted by Gasteiger charge is 2.56. The van der Waals surface area contributed by atoms with Crippen LogP contribution in [-0.4, -0.2) is 53.6 Å². The first kappa shape index (κ1) is 19.0. The lowest BCUT2D eigenvalue weighted by atomic mass is 9.74. The summed E-state index contributed by atoms with van der Waals surface area (Å²) in [5.74, 6) is -2.79. The Labute approximate surface area is 150 Å². The molecule has 1 aromatic carbocycles. The average Bonchev–Trinajstić information content (AvgIpc) is 2.51. The van der Waals surface area contributed by atoms with E-state index < -0.39 is 30.9 Å². The van der Waals surface area contributed by atoms with E-state index >= 15 is 0 Å². The van der Waals surface area contributed by atoms with Gasteiger partial charge in [-0.25, -0.2) is 13.8 Å². The van der Waals surface area contributed by atoms with E-state index in [2.05, 4.69) is 21.7 Å². The van der Waals surface area contributed by atoms with Crippen molar-refractivity contribution in [1.29, 1.82) is 5.26 Å². The molecule has 1 fully saturated rings. The first-order chi connectivity index (χ1) is 11.7. The largest absolute Gasteiger partial charge is 0.394 e. The summed E-state index contributed by atoms with van der Waals surface area (Å²) in [5, 5.41) is 24.3. The van der Waals surface area contributed by atoms with Crippen molar-refractivity contribution in [3.8, 4) is 6.07 Å². The Hall–Kier alpha value is -2.31. The second kappa shape index (κ2) is 7.29. The molecule has 0 saturated heterocycles. The first-order valence-corrected chi connectivity index (χ1v) is 7.92. The SMILES string of the molecule is CN(C)C=Nc1ccc(NC(=S)NC2(CO)CC(F)(F)C2)cc1C#N. The minimum Gasteiger partial charge on any atom is -0.394 e. The summed E-state index contributed by atoms with van der Waals surface area (Å²) < 4.78 is 26.2. The zero-order valence-electron chi connectivity index (χ0n) is 13.9. The Morgan fingerprint density at radius 2 is 2.16 bits per heavy atom. The third-order valence-electron chi connectivity index (χ3n) is 3.68. The standard InChI is InChI=1S/C16H19F2N5OS/c1-23(2)10-20-13-4-3-12(5-11(13)6-19)21-14(25)22-15(9-24)7-16(17,18)8-15/h3-5,10,24H,7-9H2,1-2H3,(H2,21,22,25). The number of anilines is 1. The molecule has 3 N–H and O–H groups in total. The molecule has 0 amide bonds. The normalized spacial score (nSPS) is 17.4. The predicted octanol–water partition coefficient (Wildman–Crippen LogP) is 2.23. The van der Waals surface area contributed by atoms with Crippen LogP contribution in [0.1, 0.15) is 18.4 Å². The fourth-order valence-electron chi connectivity index (χ4n) is 2.57. The number of hydrogen-bond donors (Lipinski definition) is 3. The highest BCUT2D eigenvalue weighted by atomic mass is 32.1. The van der Waals surface area contributed by atoms with Gasteiger partial charge >= 0.3 is 0 Å². The van der Waals surface area contributed by atoms with Crippen molar-refractivity contribution in [3.63, 3.8) is 0 Å². The molecule has 0 bridgehead atoms. The van der Waals surface area contributed by atoms with Gasteiger partial charge in [0.1, 0.15) is 6.07 Å². The van der Waals surface area contributed by atoms with E-state index in [0.29, 0.717) is 16.9 Å². The lowest BCUT2D eigenvalue weighted by molar-refractivity contribution is -0.141. The molecule has 25 heavy (non-hydrogen) atoms. The fourth-order valence-corrected chi connectivity index (χ4v) is 2.91. The summed E-state index contributed by atoms with van der Waals surface area (Å²) in [7, 11) is 3.63. The highest BCUT2D eigenvalue weighted by Crippen LogP contribution is 2.45. The van der Waals surface area contributed by atoms with Gasteiger partial charge in [0.15, 0.2) is 5.11 Å². The molecule has 134 valence electrons. The van der Waals surface area contributed by atoms with E-state index in [-0.39, 0.29) is 5.11 Å². The number of hydrogen-bond acceptors (Lipinski definition) is 4. The van der Waals surface area contributed by atoms with Crippen LogP contribution in [0.25, 0.3) is 0 Å². The summed E-state index contributed by atoms with van der Waals surface area (Å²) in [4.78, 5) is 5.94. The Balaban J connectivity index is 2.05. The van der Waals surface area contributed by atoms with Crippen LogP contribution in [0.2, 0.25) is 0 Å². The van der Waals surface area contributed by atoms with Crippen LogP contribution in [0.4, 0.5) is 20.2 Å². The Kier molecular flexibility index (Phi) is 5.55. The molecule has 2 rings (SSSR count). The summed E-state index contributed by atoms with van der Waals surface area (Å²) >= 11 is 5.13. The molecular formula is C16H19F2N5OS. The Morgan fingerprint density at radius 3 is 2.68 bits per heavy atom. The number of halogens is 2. The molecule has 1 aliphatic rings. The van der Waals surface area contributed by atoms with Crippen LogP contribution in [0, 0.1) is 11.3 Å². The number of aliphatic hydroxyl groups excluding tert-OH is 1. The first-order valence-electron chi connectivity index (χ1n) is 7.51. The van der Waals surface area contributed by atoms with Gasteiger partial charge < -0.3 is 20.6 Å². The van der Waals surface area contributed by atoms with Gasteiger partial charge in [0, 0.05) is 32.6 Å². The maximum absolute atomic E-state index is 13.1. The molecule has 1 saturated carbocycles. The van der Waals surface area contributed by atoms with E-state index in [0.717, 1.165) is 0 Å². The molecule has 9 heteroatoms. The number of aliphatic hydroxyl groups is 1. The van der Waals surface area contributed by atoms with E-state index in [1.165, 1.54) is 0 Å². The van der Waals surface area contributed by atoms with Gasteiger partial charge in [0.05, 0.1) is 29.7 Å². The summed E-state index contributed by atoms with van der Waals surface area (Å²) in [5.41, 5.74) is 0.266. The third-order valence-corrected chi connectivity index (χ3v) is 3.88. The van der Waals surface area contributed by atoms with Crippen LogP contribution in [0.15, 0.2) is 23.2 Å². The van der Waals surface area contributed by atoms with Crippen molar-refractivity contribution in [2.24, 2.45) is 4.99 Å². The van der Waals surface area contributed by atoms with Gasteiger partial charge in [-0.3, -0.25) is 0 Å². The molecule has 0 heterocycles. The number of thiocarbonyl (C=S) groups is 1. The Bertz CT molecular complexity index is 722. The maximum Gasteiger partial charge on any atom is 0.252 e. The molecule has 0 spiro atoms. The maximum atomic E-state index is 13.1. The lowest BCUT2D eigenvalue weighted by Crippen LogP contribution is -2.65. The number of rotatable bonds is 5. The quantitative estimate of drug-likeness (QED) is 0.421. The lowest BCUT2D eigenvalue weighted by Gasteiger charge is -2.47.